The molecule has 0 aliphatic rings. The standard InChI is InChI=1S/C19H21N3O4S/c1-12-5-10-18(25-4)17(11-12)20-15-6-8-16(9-7-15)22-27(23,24)19-13(2)21-26-14(19)3/h5-11,20,22H,1-4H3. The van der Waals surface area contributed by atoms with Crippen LogP contribution in [-0.2, 0) is 10.0 Å². The van der Waals surface area contributed by atoms with E-state index < -0.39 is 10.0 Å². The third-order valence-electron chi connectivity index (χ3n) is 4.01. The SMILES string of the molecule is COc1ccc(C)cc1Nc1ccc(NS(=O)(=O)c2c(C)noc2C)cc1. The molecule has 0 aliphatic carbocycles. The van der Waals surface area contributed by atoms with Crippen LogP contribution in [0.1, 0.15) is 17.0 Å². The average Bonchev–Trinajstić information content (AvgIpc) is 2.96. The minimum atomic E-state index is -3.77. The lowest BCUT2D eigenvalue weighted by Gasteiger charge is -2.13. The average molecular weight is 387 g/mol. The zero-order valence-electron chi connectivity index (χ0n) is 15.5. The van der Waals surface area contributed by atoms with Gasteiger partial charge < -0.3 is 14.6 Å². The number of nitrogens with zero attached hydrogens (tertiary/aromatic N) is 1. The van der Waals surface area contributed by atoms with Gasteiger partial charge >= 0.3 is 0 Å². The summed E-state index contributed by atoms with van der Waals surface area (Å²) < 4.78 is 38.0. The summed E-state index contributed by atoms with van der Waals surface area (Å²) in [7, 11) is -2.15. The number of hydrogen-bond acceptors (Lipinski definition) is 6. The van der Waals surface area contributed by atoms with E-state index in [1.807, 2.05) is 25.1 Å². The fraction of sp³-hybridized carbons (Fsp3) is 0.211. The molecule has 8 heteroatoms. The number of nitrogens with one attached hydrogen (secondary N) is 2. The number of aromatic nitrogens is 1. The molecule has 1 aromatic heterocycles. The smallest absolute Gasteiger partial charge is 0.267 e. The Balaban J connectivity index is 1.79. The molecule has 7 nitrogen and oxygen atoms in total. The molecule has 0 bridgehead atoms. The van der Waals surface area contributed by atoms with E-state index in [9.17, 15) is 8.42 Å². The van der Waals surface area contributed by atoms with E-state index in [1.54, 1.807) is 45.2 Å². The second kappa shape index (κ2) is 7.32. The van der Waals surface area contributed by atoms with Crippen LogP contribution in [0.25, 0.3) is 0 Å². The van der Waals surface area contributed by atoms with Crippen molar-refractivity contribution in [3.63, 3.8) is 0 Å². The Labute approximate surface area is 158 Å². The Bertz CT molecular complexity index is 1040. The normalized spacial score (nSPS) is 11.3. The number of benzene rings is 2. The van der Waals surface area contributed by atoms with Crippen LogP contribution in [0.4, 0.5) is 17.1 Å². The predicted molar refractivity (Wildman–Crippen MR) is 104 cm³/mol. The first-order valence-electron chi connectivity index (χ1n) is 8.27. The second-order valence-electron chi connectivity index (χ2n) is 6.16. The van der Waals surface area contributed by atoms with Crippen molar-refractivity contribution in [3.8, 4) is 5.75 Å². The van der Waals surface area contributed by atoms with Crippen LogP contribution in [-0.4, -0.2) is 20.7 Å². The maximum absolute atomic E-state index is 12.6. The fourth-order valence-electron chi connectivity index (χ4n) is 2.76. The number of methoxy groups -OCH3 is 1. The number of anilines is 3. The van der Waals surface area contributed by atoms with Gasteiger partial charge in [-0.2, -0.15) is 0 Å². The summed E-state index contributed by atoms with van der Waals surface area (Å²) in [5.74, 6) is 0.980. The van der Waals surface area contributed by atoms with Gasteiger partial charge in [-0.1, -0.05) is 11.2 Å². The van der Waals surface area contributed by atoms with E-state index in [4.69, 9.17) is 9.26 Å². The first-order valence-corrected chi connectivity index (χ1v) is 9.76. The van der Waals surface area contributed by atoms with Crippen molar-refractivity contribution in [2.45, 2.75) is 25.7 Å². The molecule has 0 atom stereocenters. The highest BCUT2D eigenvalue weighted by atomic mass is 32.2. The summed E-state index contributed by atoms with van der Waals surface area (Å²) in [5, 5.41) is 6.97. The van der Waals surface area contributed by atoms with E-state index in [0.717, 1.165) is 22.7 Å². The molecule has 142 valence electrons. The van der Waals surface area contributed by atoms with Gasteiger partial charge in [-0.15, -0.1) is 0 Å². The quantitative estimate of drug-likeness (QED) is 0.660. The topological polar surface area (TPSA) is 93.5 Å². The number of rotatable bonds is 6. The van der Waals surface area contributed by atoms with Gasteiger partial charge in [0.15, 0.2) is 10.7 Å². The maximum atomic E-state index is 12.6. The molecular weight excluding hydrogens is 366 g/mol. The summed E-state index contributed by atoms with van der Waals surface area (Å²) in [6.07, 6.45) is 0. The number of ether oxygens (including phenoxy) is 1. The van der Waals surface area contributed by atoms with Crippen LogP contribution in [0.2, 0.25) is 0 Å². The summed E-state index contributed by atoms with van der Waals surface area (Å²) in [5.41, 5.74) is 3.50. The van der Waals surface area contributed by atoms with Crippen molar-refractivity contribution in [2.75, 3.05) is 17.1 Å². The number of aryl methyl sites for hydroxylation is 3. The van der Waals surface area contributed by atoms with E-state index in [1.165, 1.54) is 0 Å². The van der Waals surface area contributed by atoms with Gasteiger partial charge in [0.25, 0.3) is 10.0 Å². The molecule has 2 N–H and O–H groups in total. The monoisotopic (exact) mass is 387 g/mol. The van der Waals surface area contributed by atoms with E-state index in [-0.39, 0.29) is 10.7 Å². The molecule has 0 unspecified atom stereocenters. The van der Waals surface area contributed by atoms with Crippen LogP contribution in [0.3, 0.4) is 0 Å². The molecular formula is C19H21N3O4S. The minimum Gasteiger partial charge on any atom is -0.495 e. The summed E-state index contributed by atoms with van der Waals surface area (Å²) in [4.78, 5) is 0.0641. The fourth-order valence-corrected chi connectivity index (χ4v) is 4.15. The molecule has 0 saturated carbocycles. The second-order valence-corrected chi connectivity index (χ2v) is 7.78. The van der Waals surface area contributed by atoms with Crippen molar-refractivity contribution in [1.29, 1.82) is 0 Å². The molecule has 27 heavy (non-hydrogen) atoms. The van der Waals surface area contributed by atoms with E-state index in [0.29, 0.717) is 11.4 Å². The van der Waals surface area contributed by atoms with Crippen LogP contribution >= 0.6 is 0 Å². The van der Waals surface area contributed by atoms with Crippen molar-refractivity contribution in [3.05, 3.63) is 59.5 Å². The Hall–Kier alpha value is -3.00. The van der Waals surface area contributed by atoms with Gasteiger partial charge in [0.2, 0.25) is 0 Å². The molecule has 0 amide bonds. The maximum Gasteiger partial charge on any atom is 0.267 e. The van der Waals surface area contributed by atoms with Gasteiger partial charge in [0.05, 0.1) is 12.8 Å². The zero-order chi connectivity index (χ0) is 19.6. The Kier molecular flexibility index (Phi) is 5.09. The highest BCUT2D eigenvalue weighted by molar-refractivity contribution is 7.92. The van der Waals surface area contributed by atoms with Crippen LogP contribution < -0.4 is 14.8 Å². The Morgan fingerprint density at radius 3 is 2.26 bits per heavy atom. The largest absolute Gasteiger partial charge is 0.495 e. The van der Waals surface area contributed by atoms with Gasteiger partial charge in [0.1, 0.15) is 11.4 Å². The van der Waals surface area contributed by atoms with Gasteiger partial charge in [-0.3, -0.25) is 4.72 Å². The lowest BCUT2D eigenvalue weighted by atomic mass is 10.2. The van der Waals surface area contributed by atoms with E-state index in [2.05, 4.69) is 15.2 Å². The Morgan fingerprint density at radius 2 is 1.67 bits per heavy atom. The molecule has 0 aliphatic heterocycles. The molecule has 0 saturated heterocycles. The molecule has 0 spiro atoms. The Morgan fingerprint density at radius 1 is 1.00 bits per heavy atom. The third kappa shape index (κ3) is 4.06. The zero-order valence-corrected chi connectivity index (χ0v) is 16.3. The van der Waals surface area contributed by atoms with Gasteiger partial charge in [0, 0.05) is 11.4 Å². The first-order chi connectivity index (χ1) is 12.8. The van der Waals surface area contributed by atoms with Gasteiger partial charge in [-0.25, -0.2) is 8.42 Å². The molecule has 3 aromatic rings. The summed E-state index contributed by atoms with van der Waals surface area (Å²) >= 11 is 0. The molecule has 0 radical (unpaired) electrons. The van der Waals surface area contributed by atoms with Crippen LogP contribution in [0.5, 0.6) is 5.75 Å². The molecule has 1 heterocycles. The van der Waals surface area contributed by atoms with Crippen LogP contribution in [0, 0.1) is 20.8 Å². The molecule has 0 fully saturated rings. The first kappa shape index (κ1) is 18.8. The lowest BCUT2D eigenvalue weighted by Crippen LogP contribution is -2.14. The van der Waals surface area contributed by atoms with E-state index >= 15 is 0 Å². The van der Waals surface area contributed by atoms with Gasteiger partial charge in [-0.05, 0) is 62.7 Å². The molecule has 2 aromatic carbocycles. The molecule has 3 rings (SSSR count). The highest BCUT2D eigenvalue weighted by Gasteiger charge is 2.24. The van der Waals surface area contributed by atoms with Crippen molar-refractivity contribution in [2.24, 2.45) is 0 Å². The minimum absolute atomic E-state index is 0.0641. The lowest BCUT2D eigenvalue weighted by molar-refractivity contribution is 0.390. The highest BCUT2D eigenvalue weighted by Crippen LogP contribution is 2.29. The third-order valence-corrected chi connectivity index (χ3v) is 5.63. The van der Waals surface area contributed by atoms with Crippen molar-refractivity contribution < 1.29 is 17.7 Å². The van der Waals surface area contributed by atoms with Crippen molar-refractivity contribution in [1.82, 2.24) is 5.16 Å². The van der Waals surface area contributed by atoms with Crippen LogP contribution in [0.15, 0.2) is 51.9 Å². The number of hydrogen-bond donors (Lipinski definition) is 2. The summed E-state index contributed by atoms with van der Waals surface area (Å²) in [6, 6.07) is 12.8. The summed E-state index contributed by atoms with van der Waals surface area (Å²) in [6.45, 7) is 5.15. The predicted octanol–water partition coefficient (Wildman–Crippen LogP) is 4.15. The van der Waals surface area contributed by atoms with Crippen molar-refractivity contribution >= 4 is 27.1 Å². The number of sulfonamides is 1.